The van der Waals surface area contributed by atoms with Crippen LogP contribution in [0.15, 0.2) is 16.5 Å². The van der Waals surface area contributed by atoms with Gasteiger partial charge in [-0.05, 0) is 31.7 Å². The predicted octanol–water partition coefficient (Wildman–Crippen LogP) is 2.00. The van der Waals surface area contributed by atoms with Crippen LogP contribution in [0.3, 0.4) is 0 Å². The van der Waals surface area contributed by atoms with E-state index in [-0.39, 0.29) is 6.61 Å². The Morgan fingerprint density at radius 3 is 2.87 bits per heavy atom. The van der Waals surface area contributed by atoms with Gasteiger partial charge in [0.2, 0.25) is 0 Å². The maximum Gasteiger partial charge on any atom is 0.118 e. The molecule has 1 unspecified atom stereocenters. The first kappa shape index (κ1) is 12.6. The molecule has 0 aliphatic carbocycles. The Balaban J connectivity index is 2.30. The molecule has 15 heavy (non-hydrogen) atoms. The first-order valence-corrected chi connectivity index (χ1v) is 6.56. The second-order valence-corrected chi connectivity index (χ2v) is 4.46. The number of nitrogens with one attached hydrogen (secondary N) is 1. The van der Waals surface area contributed by atoms with Crippen molar-refractivity contribution in [3.05, 3.63) is 23.7 Å². The average molecular weight is 229 g/mol. The number of furan rings is 1. The molecule has 3 nitrogen and oxygen atoms in total. The van der Waals surface area contributed by atoms with E-state index in [2.05, 4.69) is 18.5 Å². The zero-order valence-corrected chi connectivity index (χ0v) is 10.1. The zero-order valence-electron chi connectivity index (χ0n) is 9.32. The van der Waals surface area contributed by atoms with Crippen molar-refractivity contribution < 1.29 is 9.52 Å². The molecule has 1 atom stereocenters. The van der Waals surface area contributed by atoms with Crippen LogP contribution in [0, 0.1) is 0 Å². The van der Waals surface area contributed by atoms with Crippen LogP contribution in [-0.4, -0.2) is 24.0 Å². The van der Waals surface area contributed by atoms with Crippen molar-refractivity contribution in [2.75, 3.05) is 12.9 Å². The van der Waals surface area contributed by atoms with E-state index < -0.39 is 0 Å². The Morgan fingerprint density at radius 1 is 1.47 bits per heavy atom. The highest BCUT2D eigenvalue weighted by Gasteiger charge is 2.04. The second kappa shape index (κ2) is 6.93. The van der Waals surface area contributed by atoms with Crippen LogP contribution < -0.4 is 5.32 Å². The smallest absolute Gasteiger partial charge is 0.118 e. The lowest BCUT2D eigenvalue weighted by atomic mass is 10.2. The van der Waals surface area contributed by atoms with Gasteiger partial charge in [-0.3, -0.25) is 0 Å². The highest BCUT2D eigenvalue weighted by Crippen LogP contribution is 2.13. The maximum absolute atomic E-state index is 8.74. The average Bonchev–Trinajstić information content (AvgIpc) is 2.64. The number of hydrogen-bond acceptors (Lipinski definition) is 4. The summed E-state index contributed by atoms with van der Waals surface area (Å²) in [5, 5.41) is 12.0. The first-order chi connectivity index (χ1) is 7.26. The molecule has 0 fully saturated rings. The number of thioether (sulfide) groups is 1. The SMILES string of the molecule is CSCc1ccc(CNC(C)CCO)o1. The highest BCUT2D eigenvalue weighted by atomic mass is 32.2. The molecular weight excluding hydrogens is 210 g/mol. The number of rotatable bonds is 7. The molecule has 86 valence electrons. The minimum atomic E-state index is 0.226. The highest BCUT2D eigenvalue weighted by molar-refractivity contribution is 7.97. The van der Waals surface area contributed by atoms with E-state index in [1.165, 1.54) is 0 Å². The van der Waals surface area contributed by atoms with E-state index in [0.717, 1.165) is 30.2 Å². The van der Waals surface area contributed by atoms with Crippen molar-refractivity contribution in [2.24, 2.45) is 0 Å². The van der Waals surface area contributed by atoms with Crippen molar-refractivity contribution >= 4 is 11.8 Å². The van der Waals surface area contributed by atoms with Crippen LogP contribution in [0.25, 0.3) is 0 Å². The fourth-order valence-electron chi connectivity index (χ4n) is 1.31. The van der Waals surface area contributed by atoms with E-state index >= 15 is 0 Å². The van der Waals surface area contributed by atoms with Gasteiger partial charge in [0.15, 0.2) is 0 Å². The lowest BCUT2D eigenvalue weighted by Crippen LogP contribution is -2.26. The van der Waals surface area contributed by atoms with Gasteiger partial charge in [-0.25, -0.2) is 0 Å². The monoisotopic (exact) mass is 229 g/mol. The van der Waals surface area contributed by atoms with E-state index in [1.54, 1.807) is 11.8 Å². The fraction of sp³-hybridized carbons (Fsp3) is 0.636. The molecule has 0 bridgehead atoms. The molecule has 0 amide bonds. The van der Waals surface area contributed by atoms with Gasteiger partial charge in [0.05, 0.1) is 12.3 Å². The standard InChI is InChI=1S/C11H19NO2S/c1-9(5-6-13)12-7-10-3-4-11(14-10)8-15-2/h3-4,9,12-13H,5-8H2,1-2H3. The summed E-state index contributed by atoms with van der Waals surface area (Å²) in [7, 11) is 0. The van der Waals surface area contributed by atoms with Crippen LogP contribution in [0.1, 0.15) is 24.9 Å². The molecule has 4 heteroatoms. The van der Waals surface area contributed by atoms with Gasteiger partial charge >= 0.3 is 0 Å². The lowest BCUT2D eigenvalue weighted by molar-refractivity contribution is 0.267. The van der Waals surface area contributed by atoms with E-state index in [0.29, 0.717) is 6.04 Å². The van der Waals surface area contributed by atoms with Crippen LogP contribution >= 0.6 is 11.8 Å². The van der Waals surface area contributed by atoms with Crippen molar-refractivity contribution in [2.45, 2.75) is 31.7 Å². The topological polar surface area (TPSA) is 45.4 Å². The molecule has 0 radical (unpaired) electrons. The Morgan fingerprint density at radius 2 is 2.20 bits per heavy atom. The predicted molar refractivity (Wildman–Crippen MR) is 63.9 cm³/mol. The summed E-state index contributed by atoms with van der Waals surface area (Å²) >= 11 is 1.75. The van der Waals surface area contributed by atoms with Crippen molar-refractivity contribution in [1.82, 2.24) is 5.32 Å². The van der Waals surface area contributed by atoms with Gasteiger partial charge in [-0.15, -0.1) is 0 Å². The Labute approximate surface area is 95.2 Å². The van der Waals surface area contributed by atoms with E-state index in [1.807, 2.05) is 12.1 Å². The van der Waals surface area contributed by atoms with Crippen LogP contribution in [-0.2, 0) is 12.3 Å². The Bertz CT molecular complexity index is 275. The zero-order chi connectivity index (χ0) is 11.1. The van der Waals surface area contributed by atoms with Gasteiger partial charge in [-0.2, -0.15) is 11.8 Å². The summed E-state index contributed by atoms with van der Waals surface area (Å²) in [5.74, 6) is 2.91. The summed E-state index contributed by atoms with van der Waals surface area (Å²) in [6.45, 7) is 3.02. The van der Waals surface area contributed by atoms with Crippen molar-refractivity contribution in [1.29, 1.82) is 0 Å². The molecule has 1 aromatic heterocycles. The first-order valence-electron chi connectivity index (χ1n) is 5.17. The normalized spacial score (nSPS) is 13.0. The van der Waals surface area contributed by atoms with E-state index in [4.69, 9.17) is 9.52 Å². The van der Waals surface area contributed by atoms with Gasteiger partial charge in [0.1, 0.15) is 11.5 Å². The number of hydrogen-bond donors (Lipinski definition) is 2. The Kier molecular flexibility index (Phi) is 5.83. The molecule has 0 aliphatic heterocycles. The molecule has 1 rings (SSSR count). The van der Waals surface area contributed by atoms with Crippen molar-refractivity contribution in [3.8, 4) is 0 Å². The molecular formula is C11H19NO2S. The molecule has 1 heterocycles. The molecule has 0 aromatic carbocycles. The quantitative estimate of drug-likeness (QED) is 0.750. The van der Waals surface area contributed by atoms with Crippen LogP contribution in [0.2, 0.25) is 0 Å². The maximum atomic E-state index is 8.74. The van der Waals surface area contributed by atoms with Crippen LogP contribution in [0.5, 0.6) is 0 Å². The minimum absolute atomic E-state index is 0.226. The fourth-order valence-corrected chi connectivity index (χ4v) is 1.75. The Hall–Kier alpha value is -0.450. The largest absolute Gasteiger partial charge is 0.464 e. The third kappa shape index (κ3) is 4.73. The van der Waals surface area contributed by atoms with Gasteiger partial charge in [0.25, 0.3) is 0 Å². The molecule has 2 N–H and O–H groups in total. The second-order valence-electron chi connectivity index (χ2n) is 3.60. The molecule has 0 aliphatic rings. The van der Waals surface area contributed by atoms with Gasteiger partial charge < -0.3 is 14.8 Å². The third-order valence-corrected chi connectivity index (χ3v) is 2.76. The molecule has 1 aromatic rings. The minimum Gasteiger partial charge on any atom is -0.464 e. The number of aliphatic hydroxyl groups excluding tert-OH is 1. The molecule has 0 saturated carbocycles. The summed E-state index contributed by atoms with van der Waals surface area (Å²) in [6, 6.07) is 4.35. The summed E-state index contributed by atoms with van der Waals surface area (Å²) in [5.41, 5.74) is 0. The third-order valence-electron chi connectivity index (χ3n) is 2.19. The summed E-state index contributed by atoms with van der Waals surface area (Å²) in [4.78, 5) is 0. The lowest BCUT2D eigenvalue weighted by Gasteiger charge is -2.10. The van der Waals surface area contributed by atoms with Crippen LogP contribution in [0.4, 0.5) is 0 Å². The summed E-state index contributed by atoms with van der Waals surface area (Å²) in [6.07, 6.45) is 2.84. The molecule has 0 spiro atoms. The van der Waals surface area contributed by atoms with Gasteiger partial charge in [-0.1, -0.05) is 0 Å². The van der Waals surface area contributed by atoms with Gasteiger partial charge in [0, 0.05) is 12.6 Å². The van der Waals surface area contributed by atoms with E-state index in [9.17, 15) is 0 Å². The molecule has 0 saturated heterocycles. The van der Waals surface area contributed by atoms with Crippen molar-refractivity contribution in [3.63, 3.8) is 0 Å². The summed E-state index contributed by atoms with van der Waals surface area (Å²) < 4.78 is 5.61. The number of aliphatic hydroxyl groups is 1.